The molecule has 0 saturated heterocycles. The standard InChI is InChI=1S/C22H14N4O4/c23-21(29)9-1-3-15-11(5-9)19(27)13-8-18-14(7-17(13)25-15)20(28)12-6-10(22(24)30)2-4-16(12)26-18/h1-8H,(H2,23,29)(H2,24,30)(H,25,27)(H,26,28). The smallest absolute Gasteiger partial charge is 0.248 e. The number of nitrogens with one attached hydrogen (secondary N) is 2. The maximum absolute atomic E-state index is 13.1. The molecule has 2 aromatic heterocycles. The first-order valence-corrected chi connectivity index (χ1v) is 9.02. The first kappa shape index (κ1) is 17.6. The number of carbonyl (C=O) groups excluding carboxylic acids is 2. The molecule has 5 aromatic rings. The molecule has 0 fully saturated rings. The van der Waals surface area contributed by atoms with Gasteiger partial charge in [0, 0.05) is 43.7 Å². The quantitative estimate of drug-likeness (QED) is 0.335. The molecule has 6 N–H and O–H groups in total. The van der Waals surface area contributed by atoms with Gasteiger partial charge in [-0.3, -0.25) is 19.2 Å². The van der Waals surface area contributed by atoms with Crippen molar-refractivity contribution in [2.24, 2.45) is 11.5 Å². The molecule has 0 aliphatic carbocycles. The molecular formula is C22H14N4O4. The maximum Gasteiger partial charge on any atom is 0.248 e. The second-order valence-electron chi connectivity index (χ2n) is 7.10. The van der Waals surface area contributed by atoms with Gasteiger partial charge >= 0.3 is 0 Å². The van der Waals surface area contributed by atoms with Gasteiger partial charge in [0.2, 0.25) is 11.8 Å². The summed E-state index contributed by atoms with van der Waals surface area (Å²) in [7, 11) is 0. The molecule has 8 heteroatoms. The number of aromatic amines is 2. The second-order valence-corrected chi connectivity index (χ2v) is 7.10. The molecule has 0 bridgehead atoms. The number of hydrogen-bond donors (Lipinski definition) is 4. The zero-order valence-corrected chi connectivity index (χ0v) is 15.4. The lowest BCUT2D eigenvalue weighted by molar-refractivity contribution is 0.0992. The lowest BCUT2D eigenvalue weighted by atomic mass is 10.0. The lowest BCUT2D eigenvalue weighted by Gasteiger charge is -2.08. The highest BCUT2D eigenvalue weighted by atomic mass is 16.1. The van der Waals surface area contributed by atoms with E-state index in [-0.39, 0.29) is 22.0 Å². The third kappa shape index (κ3) is 2.47. The molecule has 2 heterocycles. The molecule has 8 nitrogen and oxygen atoms in total. The van der Waals surface area contributed by atoms with E-state index in [0.29, 0.717) is 43.6 Å². The Labute approximate surface area is 167 Å². The van der Waals surface area contributed by atoms with Crippen LogP contribution in [0.25, 0.3) is 43.6 Å². The number of carbonyl (C=O) groups is 2. The Morgan fingerprint density at radius 2 is 0.933 bits per heavy atom. The fourth-order valence-electron chi connectivity index (χ4n) is 3.75. The highest BCUT2D eigenvalue weighted by Gasteiger charge is 2.13. The summed E-state index contributed by atoms with van der Waals surface area (Å²) in [6.07, 6.45) is 0. The van der Waals surface area contributed by atoms with Crippen LogP contribution in [-0.2, 0) is 0 Å². The largest absolute Gasteiger partial charge is 0.366 e. The molecular weight excluding hydrogens is 384 g/mol. The molecule has 0 aliphatic heterocycles. The molecule has 3 aromatic carbocycles. The number of pyridine rings is 2. The molecule has 0 spiro atoms. The van der Waals surface area contributed by atoms with Gasteiger partial charge in [0.15, 0.2) is 10.9 Å². The first-order valence-electron chi connectivity index (χ1n) is 9.02. The van der Waals surface area contributed by atoms with E-state index >= 15 is 0 Å². The van der Waals surface area contributed by atoms with Crippen molar-refractivity contribution < 1.29 is 9.59 Å². The van der Waals surface area contributed by atoms with Crippen molar-refractivity contribution >= 4 is 55.4 Å². The highest BCUT2D eigenvalue weighted by Crippen LogP contribution is 2.22. The fraction of sp³-hybridized carbons (Fsp3) is 0. The van der Waals surface area contributed by atoms with Gasteiger partial charge in [-0.2, -0.15) is 0 Å². The topological polar surface area (TPSA) is 152 Å². The van der Waals surface area contributed by atoms with Gasteiger partial charge in [-0.15, -0.1) is 0 Å². The summed E-state index contributed by atoms with van der Waals surface area (Å²) in [5.41, 5.74) is 12.5. The van der Waals surface area contributed by atoms with Crippen molar-refractivity contribution in [3.05, 3.63) is 80.1 Å². The molecule has 0 atom stereocenters. The summed E-state index contributed by atoms with van der Waals surface area (Å²) in [5, 5.41) is 1.38. The van der Waals surface area contributed by atoms with Crippen LogP contribution >= 0.6 is 0 Å². The Morgan fingerprint density at radius 3 is 1.30 bits per heavy atom. The van der Waals surface area contributed by atoms with E-state index in [4.69, 9.17) is 11.5 Å². The average Bonchev–Trinajstić information content (AvgIpc) is 2.73. The number of H-pyrrole nitrogens is 2. The summed E-state index contributed by atoms with van der Waals surface area (Å²) in [6, 6.07) is 12.4. The Morgan fingerprint density at radius 1 is 0.567 bits per heavy atom. The zero-order valence-electron chi connectivity index (χ0n) is 15.4. The zero-order chi connectivity index (χ0) is 21.2. The van der Waals surface area contributed by atoms with Crippen molar-refractivity contribution in [3.8, 4) is 0 Å². The Kier molecular flexibility index (Phi) is 3.54. The SMILES string of the molecule is NC(=O)c1ccc2[nH]c3cc4c(=O)c5cc(C(N)=O)ccc5[nH]c4cc3c(=O)c2c1. The summed E-state index contributed by atoms with van der Waals surface area (Å²) in [6.45, 7) is 0. The van der Waals surface area contributed by atoms with Crippen LogP contribution in [0, 0.1) is 0 Å². The first-order chi connectivity index (χ1) is 14.3. The maximum atomic E-state index is 13.1. The number of benzene rings is 3. The molecule has 5 rings (SSSR count). The summed E-state index contributed by atoms with van der Waals surface area (Å²) in [5.74, 6) is -1.25. The predicted molar refractivity (Wildman–Crippen MR) is 115 cm³/mol. The predicted octanol–water partition coefficient (Wildman–Crippen LogP) is 1.87. The normalized spacial score (nSPS) is 11.5. The second kappa shape index (κ2) is 6.02. The van der Waals surface area contributed by atoms with E-state index in [1.54, 1.807) is 24.3 Å². The Bertz CT molecular complexity index is 1570. The van der Waals surface area contributed by atoms with Crippen LogP contribution in [-0.4, -0.2) is 21.8 Å². The minimum atomic E-state index is -0.624. The van der Waals surface area contributed by atoms with Crippen LogP contribution in [0.2, 0.25) is 0 Å². The molecule has 0 radical (unpaired) electrons. The average molecular weight is 398 g/mol. The van der Waals surface area contributed by atoms with Crippen LogP contribution in [0.1, 0.15) is 20.7 Å². The molecule has 2 amide bonds. The van der Waals surface area contributed by atoms with Crippen molar-refractivity contribution in [1.29, 1.82) is 0 Å². The number of nitrogens with two attached hydrogens (primary N) is 2. The molecule has 30 heavy (non-hydrogen) atoms. The summed E-state index contributed by atoms with van der Waals surface area (Å²) >= 11 is 0. The molecule has 0 aliphatic rings. The van der Waals surface area contributed by atoms with Gasteiger partial charge in [-0.1, -0.05) is 0 Å². The minimum Gasteiger partial charge on any atom is -0.366 e. The van der Waals surface area contributed by atoms with Crippen LogP contribution in [0.3, 0.4) is 0 Å². The van der Waals surface area contributed by atoms with Gasteiger partial charge in [-0.25, -0.2) is 0 Å². The van der Waals surface area contributed by atoms with E-state index in [1.807, 2.05) is 0 Å². The van der Waals surface area contributed by atoms with Gasteiger partial charge in [0.25, 0.3) is 0 Å². The molecule has 0 unspecified atom stereocenters. The van der Waals surface area contributed by atoms with Crippen LogP contribution in [0.5, 0.6) is 0 Å². The van der Waals surface area contributed by atoms with E-state index in [1.165, 1.54) is 24.3 Å². The van der Waals surface area contributed by atoms with Gasteiger partial charge < -0.3 is 21.4 Å². The van der Waals surface area contributed by atoms with Gasteiger partial charge in [0.05, 0.1) is 11.0 Å². The third-order valence-corrected chi connectivity index (χ3v) is 5.28. The third-order valence-electron chi connectivity index (χ3n) is 5.28. The van der Waals surface area contributed by atoms with Crippen LogP contribution in [0.15, 0.2) is 58.1 Å². The molecule has 146 valence electrons. The number of primary amides is 2. The Balaban J connectivity index is 1.89. The Hall–Kier alpha value is -4.46. The van der Waals surface area contributed by atoms with Gasteiger partial charge in [0.1, 0.15) is 0 Å². The number of fused-ring (bicyclic) bond motifs is 4. The van der Waals surface area contributed by atoms with Crippen molar-refractivity contribution in [3.63, 3.8) is 0 Å². The monoisotopic (exact) mass is 398 g/mol. The van der Waals surface area contributed by atoms with Gasteiger partial charge in [-0.05, 0) is 48.5 Å². The van der Waals surface area contributed by atoms with E-state index in [9.17, 15) is 19.2 Å². The van der Waals surface area contributed by atoms with E-state index in [0.717, 1.165) is 0 Å². The number of aromatic nitrogens is 2. The van der Waals surface area contributed by atoms with E-state index < -0.39 is 11.8 Å². The number of hydrogen-bond acceptors (Lipinski definition) is 4. The van der Waals surface area contributed by atoms with Crippen molar-refractivity contribution in [2.45, 2.75) is 0 Å². The molecule has 0 saturated carbocycles. The summed E-state index contributed by atoms with van der Waals surface area (Å²) in [4.78, 5) is 55.3. The van der Waals surface area contributed by atoms with E-state index in [2.05, 4.69) is 9.97 Å². The lowest BCUT2D eigenvalue weighted by Crippen LogP contribution is -2.13. The number of amides is 2. The fourth-order valence-corrected chi connectivity index (χ4v) is 3.75. The minimum absolute atomic E-state index is 0.234. The number of rotatable bonds is 2. The van der Waals surface area contributed by atoms with Crippen molar-refractivity contribution in [1.82, 2.24) is 9.97 Å². The summed E-state index contributed by atoms with van der Waals surface area (Å²) < 4.78 is 0. The van der Waals surface area contributed by atoms with Crippen molar-refractivity contribution in [2.75, 3.05) is 0 Å². The van der Waals surface area contributed by atoms with Crippen LogP contribution < -0.4 is 22.3 Å². The highest BCUT2D eigenvalue weighted by molar-refractivity contribution is 6.05. The van der Waals surface area contributed by atoms with Crippen LogP contribution in [0.4, 0.5) is 0 Å².